The van der Waals surface area contributed by atoms with Crippen LogP contribution in [0.1, 0.15) is 23.3 Å². The van der Waals surface area contributed by atoms with Gasteiger partial charge < -0.3 is 25.2 Å². The van der Waals surface area contributed by atoms with Gasteiger partial charge in [0.25, 0.3) is 5.91 Å². The van der Waals surface area contributed by atoms with Crippen molar-refractivity contribution in [3.05, 3.63) is 24.0 Å². The van der Waals surface area contributed by atoms with E-state index in [0.29, 0.717) is 44.8 Å². The Morgan fingerprint density at radius 1 is 1.19 bits per heavy atom. The topological polar surface area (TPSA) is 88.7 Å². The van der Waals surface area contributed by atoms with Gasteiger partial charge in [-0.3, -0.25) is 4.79 Å². The quantitative estimate of drug-likeness (QED) is 0.680. The van der Waals surface area contributed by atoms with Crippen molar-refractivity contribution in [3.63, 3.8) is 0 Å². The third-order valence-electron chi connectivity index (χ3n) is 3.54. The molecule has 0 saturated carbocycles. The van der Waals surface area contributed by atoms with E-state index in [1.807, 2.05) is 0 Å². The van der Waals surface area contributed by atoms with Crippen LogP contribution in [0.4, 0.5) is 4.79 Å². The van der Waals surface area contributed by atoms with E-state index in [-0.39, 0.29) is 18.5 Å². The fraction of sp³-hybridized carbons (Fsp3) is 0.571. The number of carbonyl (C=O) groups is 2. The molecule has 0 aromatic carbocycles. The average Bonchev–Trinajstić information content (AvgIpc) is 3.05. The molecule has 1 aromatic rings. The first-order valence-electron chi connectivity index (χ1n) is 7.28. The molecule has 1 aliphatic rings. The van der Waals surface area contributed by atoms with Crippen molar-refractivity contribution >= 4 is 11.9 Å². The van der Waals surface area contributed by atoms with Gasteiger partial charge in [0.1, 0.15) is 5.69 Å². The summed E-state index contributed by atoms with van der Waals surface area (Å²) in [5.41, 5.74) is 0.580. The van der Waals surface area contributed by atoms with Gasteiger partial charge in [0.2, 0.25) is 0 Å². The van der Waals surface area contributed by atoms with Crippen LogP contribution in [0.3, 0.4) is 0 Å². The zero-order chi connectivity index (χ0) is 15.1. The lowest BCUT2D eigenvalue weighted by molar-refractivity contribution is 0.0660. The Morgan fingerprint density at radius 2 is 1.90 bits per heavy atom. The molecule has 2 rings (SSSR count). The number of hydrogen-bond donors (Lipinski definition) is 3. The number of hydrogen-bond acceptors (Lipinski definition) is 3. The number of aromatic nitrogens is 1. The van der Waals surface area contributed by atoms with Crippen LogP contribution < -0.4 is 5.32 Å². The zero-order valence-corrected chi connectivity index (χ0v) is 12.0. The summed E-state index contributed by atoms with van der Waals surface area (Å²) in [5.74, 6) is -0.0250. The molecule has 1 aromatic heterocycles. The number of unbranched alkanes of at least 4 members (excludes halogenated alkanes) is 1. The van der Waals surface area contributed by atoms with E-state index >= 15 is 0 Å². The maximum absolute atomic E-state index is 12.1. The van der Waals surface area contributed by atoms with E-state index in [9.17, 15) is 9.59 Å². The minimum Gasteiger partial charge on any atom is -0.396 e. The fourth-order valence-electron chi connectivity index (χ4n) is 2.29. The Kier molecular flexibility index (Phi) is 5.62. The predicted octanol–water partition coefficient (Wildman–Crippen LogP) is 0.255. The number of nitrogens with zero attached hydrogens (tertiary/aromatic N) is 2. The van der Waals surface area contributed by atoms with Gasteiger partial charge in [-0.15, -0.1) is 0 Å². The van der Waals surface area contributed by atoms with Crippen LogP contribution >= 0.6 is 0 Å². The maximum Gasteiger partial charge on any atom is 0.317 e. The average molecular weight is 294 g/mol. The lowest BCUT2D eigenvalue weighted by Gasteiger charge is -2.34. The lowest BCUT2D eigenvalue weighted by atomic mass is 10.3. The van der Waals surface area contributed by atoms with Gasteiger partial charge in [-0.05, 0) is 25.0 Å². The molecule has 0 radical (unpaired) electrons. The third kappa shape index (κ3) is 4.22. The predicted molar refractivity (Wildman–Crippen MR) is 78.0 cm³/mol. The number of aromatic amines is 1. The molecule has 116 valence electrons. The second kappa shape index (κ2) is 7.68. The summed E-state index contributed by atoms with van der Waals surface area (Å²) in [6.07, 6.45) is 3.19. The van der Waals surface area contributed by atoms with Crippen LogP contribution in [0, 0.1) is 0 Å². The monoisotopic (exact) mass is 294 g/mol. The van der Waals surface area contributed by atoms with Gasteiger partial charge in [-0.25, -0.2) is 4.79 Å². The molecule has 1 fully saturated rings. The SMILES string of the molecule is O=C(NCCCCO)N1CCN(C(=O)c2ccc[nH]2)CC1. The van der Waals surface area contributed by atoms with Crippen LogP contribution in [0.2, 0.25) is 0 Å². The molecule has 21 heavy (non-hydrogen) atoms. The summed E-state index contributed by atoms with van der Waals surface area (Å²) in [5, 5.41) is 11.5. The molecule has 0 bridgehead atoms. The maximum atomic E-state index is 12.1. The molecule has 0 atom stereocenters. The van der Waals surface area contributed by atoms with E-state index in [2.05, 4.69) is 10.3 Å². The highest BCUT2D eigenvalue weighted by molar-refractivity contribution is 5.92. The van der Waals surface area contributed by atoms with Crippen molar-refractivity contribution in [1.29, 1.82) is 0 Å². The van der Waals surface area contributed by atoms with E-state index in [4.69, 9.17) is 5.11 Å². The van der Waals surface area contributed by atoms with Crippen molar-refractivity contribution in [3.8, 4) is 0 Å². The molecule has 0 spiro atoms. The smallest absolute Gasteiger partial charge is 0.317 e. The van der Waals surface area contributed by atoms with Gasteiger partial charge >= 0.3 is 6.03 Å². The van der Waals surface area contributed by atoms with E-state index in [1.54, 1.807) is 28.1 Å². The third-order valence-corrected chi connectivity index (χ3v) is 3.54. The Balaban J connectivity index is 1.72. The standard InChI is InChI=1S/C14H22N4O3/c19-11-2-1-5-16-14(21)18-9-7-17(8-10-18)13(20)12-4-3-6-15-12/h3-4,6,15,19H,1-2,5,7-11H2,(H,16,21). The number of carbonyl (C=O) groups excluding carboxylic acids is 2. The molecule has 3 N–H and O–H groups in total. The van der Waals surface area contributed by atoms with E-state index < -0.39 is 0 Å². The van der Waals surface area contributed by atoms with Gasteiger partial charge in [-0.1, -0.05) is 0 Å². The minimum atomic E-state index is -0.0973. The molecular formula is C14H22N4O3. The largest absolute Gasteiger partial charge is 0.396 e. The second-order valence-electron chi connectivity index (χ2n) is 5.03. The molecule has 2 heterocycles. The number of piperazine rings is 1. The summed E-state index contributed by atoms with van der Waals surface area (Å²) in [6.45, 7) is 2.89. The normalized spacial score (nSPS) is 15.1. The Bertz CT molecular complexity index is 453. The van der Waals surface area contributed by atoms with E-state index in [1.165, 1.54) is 0 Å². The number of rotatable bonds is 5. The van der Waals surface area contributed by atoms with Gasteiger partial charge in [-0.2, -0.15) is 0 Å². The highest BCUT2D eigenvalue weighted by Gasteiger charge is 2.24. The highest BCUT2D eigenvalue weighted by Crippen LogP contribution is 2.07. The molecule has 7 heteroatoms. The number of H-pyrrole nitrogens is 1. The summed E-state index contributed by atoms with van der Waals surface area (Å²) < 4.78 is 0. The Morgan fingerprint density at radius 3 is 2.52 bits per heavy atom. The van der Waals surface area contributed by atoms with Crippen molar-refractivity contribution in [2.75, 3.05) is 39.3 Å². The van der Waals surface area contributed by atoms with Crippen LogP contribution in [0.25, 0.3) is 0 Å². The summed E-state index contributed by atoms with van der Waals surface area (Å²) in [6, 6.07) is 3.45. The fourth-order valence-corrected chi connectivity index (χ4v) is 2.29. The van der Waals surface area contributed by atoms with Gasteiger partial charge in [0.05, 0.1) is 0 Å². The van der Waals surface area contributed by atoms with Crippen molar-refractivity contribution in [2.45, 2.75) is 12.8 Å². The number of urea groups is 1. The van der Waals surface area contributed by atoms with Crippen LogP contribution in [-0.4, -0.2) is 71.2 Å². The number of amides is 3. The van der Waals surface area contributed by atoms with E-state index in [0.717, 1.165) is 6.42 Å². The van der Waals surface area contributed by atoms with Crippen molar-refractivity contribution in [1.82, 2.24) is 20.1 Å². The first kappa shape index (κ1) is 15.4. The molecular weight excluding hydrogens is 272 g/mol. The Hall–Kier alpha value is -2.02. The summed E-state index contributed by atoms with van der Waals surface area (Å²) in [4.78, 5) is 30.4. The number of aliphatic hydroxyl groups excluding tert-OH is 1. The number of aliphatic hydroxyl groups is 1. The summed E-state index contributed by atoms with van der Waals surface area (Å²) in [7, 11) is 0. The van der Waals surface area contributed by atoms with Crippen molar-refractivity contribution in [2.24, 2.45) is 0 Å². The van der Waals surface area contributed by atoms with Crippen LogP contribution in [-0.2, 0) is 0 Å². The molecule has 0 unspecified atom stereocenters. The number of nitrogens with one attached hydrogen (secondary N) is 2. The summed E-state index contributed by atoms with van der Waals surface area (Å²) >= 11 is 0. The molecule has 7 nitrogen and oxygen atoms in total. The molecule has 0 aliphatic carbocycles. The van der Waals surface area contributed by atoms with Gasteiger partial charge in [0.15, 0.2) is 0 Å². The molecule has 3 amide bonds. The second-order valence-corrected chi connectivity index (χ2v) is 5.03. The van der Waals surface area contributed by atoms with Crippen molar-refractivity contribution < 1.29 is 14.7 Å². The molecule has 1 aliphatic heterocycles. The Labute approximate surface area is 123 Å². The van der Waals surface area contributed by atoms with Crippen LogP contribution in [0.15, 0.2) is 18.3 Å². The molecule has 1 saturated heterocycles. The first-order valence-corrected chi connectivity index (χ1v) is 7.28. The zero-order valence-electron chi connectivity index (χ0n) is 12.0. The minimum absolute atomic E-state index is 0.0250. The van der Waals surface area contributed by atoms with Gasteiger partial charge in [0, 0.05) is 45.5 Å². The first-order chi connectivity index (χ1) is 10.2. The highest BCUT2D eigenvalue weighted by atomic mass is 16.3. The van der Waals surface area contributed by atoms with Crippen LogP contribution in [0.5, 0.6) is 0 Å². The lowest BCUT2D eigenvalue weighted by Crippen LogP contribution is -2.53.